The molecule has 1 heterocycles. The highest BCUT2D eigenvalue weighted by Gasteiger charge is 2.25. The van der Waals surface area contributed by atoms with Crippen LogP contribution in [0.3, 0.4) is 0 Å². The predicted octanol–water partition coefficient (Wildman–Crippen LogP) is 1.65. The lowest BCUT2D eigenvalue weighted by Crippen LogP contribution is -2.31. The van der Waals surface area contributed by atoms with Gasteiger partial charge in [0.15, 0.2) is 0 Å². The fourth-order valence-corrected chi connectivity index (χ4v) is 2.11. The zero-order chi connectivity index (χ0) is 12.3. The second kappa shape index (κ2) is 5.29. The molecule has 0 saturated carbocycles. The van der Waals surface area contributed by atoms with Crippen molar-refractivity contribution in [1.82, 2.24) is 0 Å². The van der Waals surface area contributed by atoms with Gasteiger partial charge < -0.3 is 15.2 Å². The molecule has 4 heteroatoms. The molecule has 0 aromatic heterocycles. The fraction of sp³-hybridized carbons (Fsp3) is 0.462. The molecule has 1 aliphatic rings. The van der Waals surface area contributed by atoms with Crippen molar-refractivity contribution in [1.29, 1.82) is 0 Å². The van der Waals surface area contributed by atoms with Gasteiger partial charge in [-0.25, -0.2) is 4.79 Å². The van der Waals surface area contributed by atoms with E-state index in [2.05, 4.69) is 0 Å². The lowest BCUT2D eigenvalue weighted by atomic mass is 9.94. The molecule has 1 saturated heterocycles. The highest BCUT2D eigenvalue weighted by molar-refractivity contribution is 5.91. The molecule has 0 radical (unpaired) electrons. The van der Waals surface area contributed by atoms with Gasteiger partial charge in [-0.1, -0.05) is 18.2 Å². The number of nitrogens with two attached hydrogens (primary N) is 1. The van der Waals surface area contributed by atoms with Crippen LogP contribution in [-0.2, 0) is 9.47 Å². The molecule has 0 spiro atoms. The molecule has 92 valence electrons. The maximum Gasteiger partial charge on any atom is 0.338 e. The van der Waals surface area contributed by atoms with Crippen LogP contribution < -0.4 is 5.73 Å². The topological polar surface area (TPSA) is 61.5 Å². The summed E-state index contributed by atoms with van der Waals surface area (Å²) in [5.74, 6) is -0.330. The molecular weight excluding hydrogens is 218 g/mol. The Kier molecular flexibility index (Phi) is 3.76. The first-order valence-corrected chi connectivity index (χ1v) is 5.76. The van der Waals surface area contributed by atoms with E-state index in [-0.39, 0.29) is 18.1 Å². The Morgan fingerprint density at radius 2 is 2.24 bits per heavy atom. The molecule has 0 amide bonds. The number of ether oxygens (including phenoxy) is 2. The Labute approximate surface area is 101 Å². The van der Waals surface area contributed by atoms with Crippen molar-refractivity contribution in [3.8, 4) is 0 Å². The maximum absolute atomic E-state index is 11.6. The minimum Gasteiger partial charge on any atom is -0.465 e. The zero-order valence-electron chi connectivity index (χ0n) is 9.89. The summed E-state index contributed by atoms with van der Waals surface area (Å²) in [5, 5.41) is 0. The van der Waals surface area contributed by atoms with E-state index in [0.29, 0.717) is 12.2 Å². The van der Waals surface area contributed by atoms with Gasteiger partial charge in [-0.05, 0) is 24.5 Å². The minimum absolute atomic E-state index is 0.103. The van der Waals surface area contributed by atoms with Crippen molar-refractivity contribution in [2.45, 2.75) is 25.0 Å². The van der Waals surface area contributed by atoms with Gasteiger partial charge in [-0.2, -0.15) is 0 Å². The maximum atomic E-state index is 11.6. The second-order valence-corrected chi connectivity index (χ2v) is 4.22. The number of methoxy groups -OCH3 is 1. The molecule has 0 aliphatic carbocycles. The Hall–Kier alpha value is -1.39. The first-order chi connectivity index (χ1) is 8.22. The van der Waals surface area contributed by atoms with Crippen molar-refractivity contribution in [3.63, 3.8) is 0 Å². The Morgan fingerprint density at radius 3 is 2.94 bits per heavy atom. The standard InChI is InChI=1S/C13H17NO3/c1-16-13(15)11-5-3-2-4-10(11)12-8-9(14)6-7-17-12/h2-5,9,12H,6-8,14H2,1H3/t9-,12+/m0/s1. The molecule has 0 unspecified atom stereocenters. The van der Waals surface area contributed by atoms with Crippen LogP contribution in [0, 0.1) is 0 Å². The number of carbonyl (C=O) groups is 1. The fourth-order valence-electron chi connectivity index (χ4n) is 2.11. The van der Waals surface area contributed by atoms with Gasteiger partial charge in [0.1, 0.15) is 0 Å². The van der Waals surface area contributed by atoms with Gasteiger partial charge in [0.2, 0.25) is 0 Å². The van der Waals surface area contributed by atoms with Crippen molar-refractivity contribution in [3.05, 3.63) is 35.4 Å². The zero-order valence-corrected chi connectivity index (χ0v) is 9.89. The molecule has 1 fully saturated rings. The smallest absolute Gasteiger partial charge is 0.338 e. The van der Waals surface area contributed by atoms with E-state index in [1.807, 2.05) is 18.2 Å². The van der Waals surface area contributed by atoms with Crippen LogP contribution >= 0.6 is 0 Å². The monoisotopic (exact) mass is 235 g/mol. The van der Waals surface area contributed by atoms with E-state index in [9.17, 15) is 4.79 Å². The van der Waals surface area contributed by atoms with E-state index in [1.165, 1.54) is 7.11 Å². The average molecular weight is 235 g/mol. The first-order valence-electron chi connectivity index (χ1n) is 5.76. The largest absolute Gasteiger partial charge is 0.465 e. The third-order valence-corrected chi connectivity index (χ3v) is 3.04. The Bertz CT molecular complexity index is 405. The molecule has 1 aromatic carbocycles. The summed E-state index contributed by atoms with van der Waals surface area (Å²) >= 11 is 0. The first kappa shape index (κ1) is 12.1. The minimum atomic E-state index is -0.330. The summed E-state index contributed by atoms with van der Waals surface area (Å²) in [6.45, 7) is 0.640. The van der Waals surface area contributed by atoms with Gasteiger partial charge in [0.25, 0.3) is 0 Å². The normalized spacial score (nSPS) is 24.4. The molecule has 1 aliphatic heterocycles. The van der Waals surface area contributed by atoms with Crippen molar-refractivity contribution in [2.75, 3.05) is 13.7 Å². The molecule has 1 aromatic rings. The van der Waals surface area contributed by atoms with Crippen LogP contribution in [-0.4, -0.2) is 25.7 Å². The number of carbonyl (C=O) groups excluding carboxylic acids is 1. The van der Waals surface area contributed by atoms with Crippen LogP contribution in [0.2, 0.25) is 0 Å². The van der Waals surface area contributed by atoms with E-state index in [4.69, 9.17) is 15.2 Å². The SMILES string of the molecule is COC(=O)c1ccccc1[C@H]1C[C@@H](N)CCO1. The summed E-state index contributed by atoms with van der Waals surface area (Å²) in [7, 11) is 1.38. The lowest BCUT2D eigenvalue weighted by Gasteiger charge is -2.28. The van der Waals surface area contributed by atoms with Gasteiger partial charge in [0.05, 0.1) is 18.8 Å². The third-order valence-electron chi connectivity index (χ3n) is 3.04. The highest BCUT2D eigenvalue weighted by Crippen LogP contribution is 2.29. The van der Waals surface area contributed by atoms with Crippen LogP contribution in [0.25, 0.3) is 0 Å². The second-order valence-electron chi connectivity index (χ2n) is 4.22. The predicted molar refractivity (Wildman–Crippen MR) is 63.7 cm³/mol. The number of benzene rings is 1. The summed E-state index contributed by atoms with van der Waals surface area (Å²) in [6, 6.07) is 7.50. The Balaban J connectivity index is 2.27. The summed E-state index contributed by atoms with van der Waals surface area (Å²) in [4.78, 5) is 11.6. The molecule has 4 nitrogen and oxygen atoms in total. The van der Waals surface area contributed by atoms with E-state index < -0.39 is 0 Å². The molecule has 2 N–H and O–H groups in total. The molecule has 17 heavy (non-hydrogen) atoms. The lowest BCUT2D eigenvalue weighted by molar-refractivity contribution is 0.00555. The number of hydrogen-bond acceptors (Lipinski definition) is 4. The van der Waals surface area contributed by atoms with Crippen LogP contribution in [0.5, 0.6) is 0 Å². The van der Waals surface area contributed by atoms with Crippen molar-refractivity contribution < 1.29 is 14.3 Å². The van der Waals surface area contributed by atoms with E-state index in [1.54, 1.807) is 6.07 Å². The number of esters is 1. The van der Waals surface area contributed by atoms with Crippen molar-refractivity contribution in [2.24, 2.45) is 5.73 Å². The highest BCUT2D eigenvalue weighted by atomic mass is 16.5. The van der Waals surface area contributed by atoms with Gasteiger partial charge in [0, 0.05) is 12.6 Å². The molecular formula is C13H17NO3. The van der Waals surface area contributed by atoms with E-state index in [0.717, 1.165) is 18.4 Å². The number of rotatable bonds is 2. The van der Waals surface area contributed by atoms with Crippen LogP contribution in [0.15, 0.2) is 24.3 Å². The summed E-state index contributed by atoms with van der Waals surface area (Å²) in [5.41, 5.74) is 7.36. The summed E-state index contributed by atoms with van der Waals surface area (Å²) in [6.07, 6.45) is 1.51. The summed E-state index contributed by atoms with van der Waals surface area (Å²) < 4.78 is 10.5. The van der Waals surface area contributed by atoms with Crippen LogP contribution in [0.1, 0.15) is 34.9 Å². The molecule has 2 rings (SSSR count). The third kappa shape index (κ3) is 2.65. The van der Waals surface area contributed by atoms with Gasteiger partial charge in [-0.15, -0.1) is 0 Å². The average Bonchev–Trinajstić information content (AvgIpc) is 2.38. The molecule has 2 atom stereocenters. The Morgan fingerprint density at radius 1 is 1.47 bits per heavy atom. The van der Waals surface area contributed by atoms with Gasteiger partial charge >= 0.3 is 5.97 Å². The van der Waals surface area contributed by atoms with Gasteiger partial charge in [-0.3, -0.25) is 0 Å². The number of hydrogen-bond donors (Lipinski definition) is 1. The quantitative estimate of drug-likeness (QED) is 0.792. The molecule has 0 bridgehead atoms. The van der Waals surface area contributed by atoms with Crippen molar-refractivity contribution >= 4 is 5.97 Å². The van der Waals surface area contributed by atoms with Crippen LogP contribution in [0.4, 0.5) is 0 Å². The van der Waals surface area contributed by atoms with E-state index >= 15 is 0 Å².